The summed E-state index contributed by atoms with van der Waals surface area (Å²) < 4.78 is 5.39. The highest BCUT2D eigenvalue weighted by Gasteiger charge is 2.18. The Kier molecular flexibility index (Phi) is 6.29. The summed E-state index contributed by atoms with van der Waals surface area (Å²) in [5, 5.41) is 3.21. The van der Waals surface area contributed by atoms with E-state index in [0.717, 1.165) is 44.0 Å². The van der Waals surface area contributed by atoms with Gasteiger partial charge in [0.2, 0.25) is 0 Å². The quantitative estimate of drug-likeness (QED) is 0.853. The molecule has 3 rings (SSSR count). The topological polar surface area (TPSA) is 41.6 Å². The first-order valence-electron chi connectivity index (χ1n) is 9.42. The molecule has 0 aromatic heterocycles. The van der Waals surface area contributed by atoms with Crippen molar-refractivity contribution in [2.45, 2.75) is 26.3 Å². The average Bonchev–Trinajstić information content (AvgIpc) is 2.68. The molecule has 1 atom stereocenters. The number of carbonyl (C=O) groups excluding carboxylic acids is 1. The van der Waals surface area contributed by atoms with E-state index in [9.17, 15) is 4.79 Å². The van der Waals surface area contributed by atoms with Gasteiger partial charge < -0.3 is 15.0 Å². The van der Waals surface area contributed by atoms with Crippen LogP contribution >= 0.6 is 0 Å². The molecule has 2 aromatic rings. The van der Waals surface area contributed by atoms with Crippen LogP contribution in [0.25, 0.3) is 0 Å². The SMILES string of the molecule is CC(C)C[C@@H](NC(=O)c1ccc(N2CCOCC2)cc1)c1ccccc1. The lowest BCUT2D eigenvalue weighted by atomic mass is 9.96. The number of anilines is 1. The largest absolute Gasteiger partial charge is 0.378 e. The van der Waals surface area contributed by atoms with Crippen LogP contribution in [0.4, 0.5) is 5.69 Å². The van der Waals surface area contributed by atoms with Gasteiger partial charge in [-0.05, 0) is 42.2 Å². The van der Waals surface area contributed by atoms with Crippen molar-refractivity contribution in [2.75, 3.05) is 31.2 Å². The number of ether oxygens (including phenoxy) is 1. The summed E-state index contributed by atoms with van der Waals surface area (Å²) in [7, 11) is 0. The number of nitrogens with zero attached hydrogens (tertiary/aromatic N) is 1. The number of hydrogen-bond acceptors (Lipinski definition) is 3. The number of carbonyl (C=O) groups is 1. The third kappa shape index (κ3) is 4.85. The molecule has 138 valence electrons. The molecule has 1 heterocycles. The van der Waals surface area contributed by atoms with Crippen molar-refractivity contribution >= 4 is 11.6 Å². The van der Waals surface area contributed by atoms with Gasteiger partial charge in [-0.2, -0.15) is 0 Å². The summed E-state index contributed by atoms with van der Waals surface area (Å²) in [5.74, 6) is 0.484. The van der Waals surface area contributed by atoms with Crippen LogP contribution in [0.15, 0.2) is 54.6 Å². The molecule has 26 heavy (non-hydrogen) atoms. The van der Waals surface area contributed by atoms with E-state index < -0.39 is 0 Å². The minimum absolute atomic E-state index is 0.0203. The van der Waals surface area contributed by atoms with Crippen LogP contribution < -0.4 is 10.2 Å². The van der Waals surface area contributed by atoms with Crippen LogP contribution in [0.1, 0.15) is 42.2 Å². The highest BCUT2D eigenvalue weighted by atomic mass is 16.5. The second-order valence-corrected chi connectivity index (χ2v) is 7.21. The zero-order valence-electron chi connectivity index (χ0n) is 15.7. The van der Waals surface area contributed by atoms with Crippen molar-refractivity contribution in [3.8, 4) is 0 Å². The van der Waals surface area contributed by atoms with E-state index in [1.165, 1.54) is 0 Å². The molecule has 1 N–H and O–H groups in total. The maximum Gasteiger partial charge on any atom is 0.251 e. The fourth-order valence-electron chi connectivity index (χ4n) is 3.32. The van der Waals surface area contributed by atoms with Crippen LogP contribution in [0.2, 0.25) is 0 Å². The number of nitrogens with one attached hydrogen (secondary N) is 1. The molecule has 0 bridgehead atoms. The zero-order chi connectivity index (χ0) is 18.4. The Balaban J connectivity index is 1.68. The summed E-state index contributed by atoms with van der Waals surface area (Å²) in [6, 6.07) is 18.1. The Morgan fingerprint density at radius 1 is 1.04 bits per heavy atom. The molecule has 0 spiro atoms. The van der Waals surface area contributed by atoms with Gasteiger partial charge in [-0.3, -0.25) is 4.79 Å². The normalized spacial score (nSPS) is 15.7. The van der Waals surface area contributed by atoms with Gasteiger partial charge in [0.1, 0.15) is 0 Å². The van der Waals surface area contributed by atoms with E-state index in [-0.39, 0.29) is 11.9 Å². The number of benzene rings is 2. The molecule has 1 saturated heterocycles. The fraction of sp³-hybridized carbons (Fsp3) is 0.409. The van der Waals surface area contributed by atoms with Gasteiger partial charge in [-0.25, -0.2) is 0 Å². The highest BCUT2D eigenvalue weighted by molar-refractivity contribution is 5.94. The molecule has 4 nitrogen and oxygen atoms in total. The van der Waals surface area contributed by atoms with Gasteiger partial charge in [-0.15, -0.1) is 0 Å². The molecule has 0 radical (unpaired) electrons. The lowest BCUT2D eigenvalue weighted by Gasteiger charge is -2.29. The van der Waals surface area contributed by atoms with E-state index in [2.05, 4.69) is 36.2 Å². The summed E-state index contributed by atoms with van der Waals surface area (Å²) >= 11 is 0. The standard InChI is InChI=1S/C22H28N2O2/c1-17(2)16-21(18-6-4-3-5-7-18)23-22(25)19-8-10-20(11-9-19)24-12-14-26-15-13-24/h3-11,17,21H,12-16H2,1-2H3,(H,23,25)/t21-/m1/s1. The highest BCUT2D eigenvalue weighted by Crippen LogP contribution is 2.22. The number of rotatable bonds is 6. The Bertz CT molecular complexity index is 692. The van der Waals surface area contributed by atoms with Crippen molar-refractivity contribution in [3.05, 3.63) is 65.7 Å². The lowest BCUT2D eigenvalue weighted by Crippen LogP contribution is -2.36. The third-order valence-electron chi connectivity index (χ3n) is 4.72. The van der Waals surface area contributed by atoms with Crippen molar-refractivity contribution in [1.29, 1.82) is 0 Å². The second-order valence-electron chi connectivity index (χ2n) is 7.21. The van der Waals surface area contributed by atoms with Gasteiger partial charge in [-0.1, -0.05) is 44.2 Å². The van der Waals surface area contributed by atoms with Crippen LogP contribution in [0.5, 0.6) is 0 Å². The Hall–Kier alpha value is -2.33. The summed E-state index contributed by atoms with van der Waals surface area (Å²) in [4.78, 5) is 15.0. The van der Waals surface area contributed by atoms with E-state index >= 15 is 0 Å². The fourth-order valence-corrected chi connectivity index (χ4v) is 3.32. The number of hydrogen-bond donors (Lipinski definition) is 1. The average molecular weight is 352 g/mol. The lowest BCUT2D eigenvalue weighted by molar-refractivity contribution is 0.0932. The van der Waals surface area contributed by atoms with Crippen LogP contribution in [0.3, 0.4) is 0 Å². The van der Waals surface area contributed by atoms with E-state index in [4.69, 9.17) is 4.74 Å². The second kappa shape index (κ2) is 8.86. The van der Waals surface area contributed by atoms with E-state index in [1.54, 1.807) is 0 Å². The molecule has 0 saturated carbocycles. The maximum absolute atomic E-state index is 12.8. The summed E-state index contributed by atoms with van der Waals surface area (Å²) in [6.07, 6.45) is 0.918. The van der Waals surface area contributed by atoms with E-state index in [0.29, 0.717) is 11.5 Å². The van der Waals surface area contributed by atoms with Crippen molar-refractivity contribution in [2.24, 2.45) is 5.92 Å². The predicted molar refractivity (Wildman–Crippen MR) is 106 cm³/mol. The molecule has 0 unspecified atom stereocenters. The Morgan fingerprint density at radius 2 is 1.69 bits per heavy atom. The summed E-state index contributed by atoms with van der Waals surface area (Å²) in [6.45, 7) is 7.68. The molecule has 2 aromatic carbocycles. The predicted octanol–water partition coefficient (Wildman–Crippen LogP) is 4.04. The number of amides is 1. The third-order valence-corrected chi connectivity index (χ3v) is 4.72. The molecule has 0 aliphatic carbocycles. The first-order valence-corrected chi connectivity index (χ1v) is 9.42. The van der Waals surface area contributed by atoms with Gasteiger partial charge in [0.05, 0.1) is 19.3 Å². The number of morpholine rings is 1. The van der Waals surface area contributed by atoms with Crippen LogP contribution in [-0.2, 0) is 4.74 Å². The van der Waals surface area contributed by atoms with Gasteiger partial charge in [0, 0.05) is 24.3 Å². The molecule has 4 heteroatoms. The van der Waals surface area contributed by atoms with Gasteiger partial charge >= 0.3 is 0 Å². The molecular weight excluding hydrogens is 324 g/mol. The Labute approximate surface area is 156 Å². The van der Waals surface area contributed by atoms with Crippen molar-refractivity contribution in [1.82, 2.24) is 5.32 Å². The monoisotopic (exact) mass is 352 g/mol. The molecular formula is C22H28N2O2. The van der Waals surface area contributed by atoms with Crippen LogP contribution in [0, 0.1) is 5.92 Å². The van der Waals surface area contributed by atoms with Crippen molar-refractivity contribution < 1.29 is 9.53 Å². The van der Waals surface area contributed by atoms with Gasteiger partial charge in [0.25, 0.3) is 5.91 Å². The molecule has 1 amide bonds. The minimum Gasteiger partial charge on any atom is -0.378 e. The smallest absolute Gasteiger partial charge is 0.251 e. The van der Waals surface area contributed by atoms with Gasteiger partial charge in [0.15, 0.2) is 0 Å². The minimum atomic E-state index is -0.0203. The molecule has 1 aliphatic rings. The molecule has 1 fully saturated rings. The first-order chi connectivity index (χ1) is 12.6. The Morgan fingerprint density at radius 3 is 2.31 bits per heavy atom. The van der Waals surface area contributed by atoms with Crippen molar-refractivity contribution in [3.63, 3.8) is 0 Å². The first kappa shape index (κ1) is 18.5. The van der Waals surface area contributed by atoms with Crippen LogP contribution in [-0.4, -0.2) is 32.2 Å². The zero-order valence-corrected chi connectivity index (χ0v) is 15.7. The summed E-state index contributed by atoms with van der Waals surface area (Å²) in [5.41, 5.74) is 3.00. The molecule has 1 aliphatic heterocycles. The van der Waals surface area contributed by atoms with E-state index in [1.807, 2.05) is 42.5 Å². The maximum atomic E-state index is 12.8.